The van der Waals surface area contributed by atoms with Crippen molar-refractivity contribution in [3.63, 3.8) is 0 Å². The summed E-state index contributed by atoms with van der Waals surface area (Å²) in [6.45, 7) is 4.56. The molecule has 0 bridgehead atoms. The fraction of sp³-hybridized carbons (Fsp3) is 0.346. The summed E-state index contributed by atoms with van der Waals surface area (Å²) in [5.41, 5.74) is 6.62. The lowest BCUT2D eigenvalue weighted by molar-refractivity contribution is 0.0996. The lowest BCUT2D eigenvalue weighted by Gasteiger charge is -2.28. The van der Waals surface area contributed by atoms with Gasteiger partial charge >= 0.3 is 0 Å². The molecule has 2 atom stereocenters. The number of carbonyl (C=O) groups excluding carboxylic acids is 1. The topological polar surface area (TPSA) is 114 Å². The number of rotatable bonds is 8. The summed E-state index contributed by atoms with van der Waals surface area (Å²) in [5, 5.41) is 13.5. The number of aliphatic hydroxyl groups excluding tert-OH is 1. The number of anilines is 1. The minimum absolute atomic E-state index is 0.0176. The third kappa shape index (κ3) is 5.00. The predicted octanol–water partition coefficient (Wildman–Crippen LogP) is 3.13. The van der Waals surface area contributed by atoms with Crippen molar-refractivity contribution in [3.8, 4) is 28.3 Å². The van der Waals surface area contributed by atoms with Crippen LogP contribution >= 0.6 is 0 Å². The van der Waals surface area contributed by atoms with Crippen LogP contribution in [-0.4, -0.2) is 59.4 Å². The first kappa shape index (κ1) is 25.5. The Morgan fingerprint density at radius 2 is 2.06 bits per heavy atom. The predicted molar refractivity (Wildman–Crippen MR) is 133 cm³/mol. The molecule has 1 saturated heterocycles. The number of nitrogens with two attached hydrogens (primary N) is 1. The van der Waals surface area contributed by atoms with Crippen LogP contribution in [0, 0.1) is 11.6 Å². The zero-order chi connectivity index (χ0) is 26.0. The summed E-state index contributed by atoms with van der Waals surface area (Å²) in [4.78, 5) is 23.0. The van der Waals surface area contributed by atoms with Crippen molar-refractivity contribution in [2.75, 3.05) is 25.2 Å². The molecule has 10 heteroatoms. The number of hydrogen-bond acceptors (Lipinski definition) is 7. The highest BCUT2D eigenvalue weighted by molar-refractivity contribution is 6.00. The van der Waals surface area contributed by atoms with Gasteiger partial charge in [0.25, 0.3) is 5.91 Å². The molecule has 1 aliphatic rings. The van der Waals surface area contributed by atoms with Crippen LogP contribution in [-0.2, 0) is 0 Å². The molecule has 1 fully saturated rings. The smallest absolute Gasteiger partial charge is 0.268 e. The van der Waals surface area contributed by atoms with Crippen molar-refractivity contribution in [2.24, 2.45) is 5.73 Å². The second-order valence-corrected chi connectivity index (χ2v) is 9.04. The van der Waals surface area contributed by atoms with Crippen LogP contribution in [0.2, 0.25) is 0 Å². The van der Waals surface area contributed by atoms with Crippen LogP contribution in [0.5, 0.6) is 5.75 Å². The summed E-state index contributed by atoms with van der Waals surface area (Å²) < 4.78 is 34.4. The lowest BCUT2D eigenvalue weighted by atomic mass is 10.0. The van der Waals surface area contributed by atoms with E-state index in [9.17, 15) is 18.7 Å². The number of methoxy groups -OCH3 is 1. The van der Waals surface area contributed by atoms with Crippen molar-refractivity contribution in [2.45, 2.75) is 38.4 Å². The van der Waals surface area contributed by atoms with Gasteiger partial charge < -0.3 is 25.8 Å². The Morgan fingerprint density at radius 3 is 2.72 bits per heavy atom. The van der Waals surface area contributed by atoms with E-state index in [2.05, 4.69) is 15.3 Å². The van der Waals surface area contributed by atoms with Crippen LogP contribution < -0.4 is 20.7 Å². The molecule has 0 radical (unpaired) electrons. The van der Waals surface area contributed by atoms with Gasteiger partial charge in [-0.25, -0.2) is 18.7 Å². The van der Waals surface area contributed by atoms with Gasteiger partial charge in [-0.1, -0.05) is 19.9 Å². The average Bonchev–Trinajstić information content (AvgIpc) is 3.25. The summed E-state index contributed by atoms with van der Waals surface area (Å²) in [6, 6.07) is 8.61. The molecule has 1 amide bonds. The van der Waals surface area contributed by atoms with Crippen molar-refractivity contribution in [3.05, 3.63) is 59.9 Å². The molecule has 3 aromatic rings. The Kier molecular flexibility index (Phi) is 7.46. The van der Waals surface area contributed by atoms with Gasteiger partial charge in [0, 0.05) is 41.6 Å². The number of amides is 1. The molecule has 2 aromatic carbocycles. The Bertz CT molecular complexity index is 1270. The van der Waals surface area contributed by atoms with Crippen molar-refractivity contribution in [1.29, 1.82) is 0 Å². The van der Waals surface area contributed by atoms with E-state index in [1.54, 1.807) is 12.1 Å². The average molecular weight is 498 g/mol. The molecular weight excluding hydrogens is 468 g/mol. The van der Waals surface area contributed by atoms with Crippen molar-refractivity contribution in [1.82, 2.24) is 15.3 Å². The number of nitrogens with zero attached hydrogens (tertiary/aromatic N) is 3. The van der Waals surface area contributed by atoms with Gasteiger partial charge in [-0.2, -0.15) is 0 Å². The molecule has 0 unspecified atom stereocenters. The van der Waals surface area contributed by atoms with Gasteiger partial charge in [-0.15, -0.1) is 0 Å². The minimum Gasteiger partial charge on any atom is -0.496 e. The van der Waals surface area contributed by atoms with E-state index in [4.69, 9.17) is 10.5 Å². The molecule has 1 aromatic heterocycles. The van der Waals surface area contributed by atoms with E-state index < -0.39 is 17.5 Å². The second kappa shape index (κ2) is 10.5. The quantitative estimate of drug-likeness (QED) is 0.438. The molecule has 2 heterocycles. The highest BCUT2D eigenvalue weighted by atomic mass is 19.1. The number of aliphatic hydroxyl groups is 1. The summed E-state index contributed by atoms with van der Waals surface area (Å²) in [6.07, 6.45) is 2.02. The van der Waals surface area contributed by atoms with Crippen LogP contribution in [0.3, 0.4) is 0 Å². The van der Waals surface area contributed by atoms with E-state index in [0.29, 0.717) is 24.2 Å². The second-order valence-electron chi connectivity index (χ2n) is 9.04. The first-order chi connectivity index (χ1) is 17.2. The molecule has 36 heavy (non-hydrogen) atoms. The fourth-order valence-electron chi connectivity index (χ4n) is 4.73. The number of ether oxygens (including phenoxy) is 1. The van der Waals surface area contributed by atoms with Gasteiger partial charge in [-0.3, -0.25) is 4.79 Å². The highest BCUT2D eigenvalue weighted by Gasteiger charge is 2.34. The molecule has 0 aliphatic carbocycles. The first-order valence-electron chi connectivity index (χ1n) is 11.7. The number of hydrogen-bond donors (Lipinski definition) is 3. The standard InChI is InChI=1S/C26H29F2N5O3/c1-14(2)31-16-10-17(13-34)33(12-16)21-8-7-15(27)9-18(21)19-11-30-26(32-24(19)25(29)35)23-20(28)5-4-6-22(23)36-3/h4-9,11,14,16-17,31,34H,10,12-13H2,1-3H3,(H2,29,35)/t16-,17-/m0/s1. The zero-order valence-corrected chi connectivity index (χ0v) is 20.3. The number of aromatic nitrogens is 2. The molecule has 190 valence electrons. The normalized spacial score (nSPS) is 17.6. The van der Waals surface area contributed by atoms with E-state index in [0.717, 1.165) is 0 Å². The Hall–Kier alpha value is -3.63. The SMILES string of the molecule is COc1cccc(F)c1-c1ncc(-c2cc(F)ccc2N2C[C@@H](NC(C)C)C[C@H]2CO)c(C(N)=O)n1. The van der Waals surface area contributed by atoms with Crippen LogP contribution in [0.15, 0.2) is 42.6 Å². The molecule has 0 spiro atoms. The van der Waals surface area contributed by atoms with Gasteiger partial charge in [0.05, 0.1) is 25.3 Å². The summed E-state index contributed by atoms with van der Waals surface area (Å²) >= 11 is 0. The fourth-order valence-corrected chi connectivity index (χ4v) is 4.73. The maximum absolute atomic E-state index is 14.6. The number of halogens is 2. The number of benzene rings is 2. The van der Waals surface area contributed by atoms with E-state index in [-0.39, 0.29) is 53.1 Å². The summed E-state index contributed by atoms with van der Waals surface area (Å²) in [5.74, 6) is -1.93. The van der Waals surface area contributed by atoms with E-state index in [1.807, 2.05) is 18.7 Å². The minimum atomic E-state index is -0.876. The maximum atomic E-state index is 14.6. The number of primary amides is 1. The highest BCUT2D eigenvalue weighted by Crippen LogP contribution is 2.38. The largest absolute Gasteiger partial charge is 0.496 e. The zero-order valence-electron chi connectivity index (χ0n) is 20.3. The molecule has 4 rings (SSSR count). The van der Waals surface area contributed by atoms with Crippen LogP contribution in [0.1, 0.15) is 30.8 Å². The first-order valence-corrected chi connectivity index (χ1v) is 11.7. The van der Waals surface area contributed by atoms with E-state index in [1.165, 1.54) is 37.6 Å². The van der Waals surface area contributed by atoms with Gasteiger partial charge in [0.1, 0.15) is 23.1 Å². The van der Waals surface area contributed by atoms with Gasteiger partial charge in [-0.05, 0) is 36.8 Å². The Morgan fingerprint density at radius 1 is 1.28 bits per heavy atom. The number of carbonyl (C=O) groups is 1. The third-order valence-electron chi connectivity index (χ3n) is 6.19. The molecule has 0 saturated carbocycles. The van der Waals surface area contributed by atoms with E-state index >= 15 is 0 Å². The maximum Gasteiger partial charge on any atom is 0.268 e. The van der Waals surface area contributed by atoms with Gasteiger partial charge in [0.2, 0.25) is 0 Å². The lowest BCUT2D eigenvalue weighted by Crippen LogP contribution is -2.37. The van der Waals surface area contributed by atoms with Crippen molar-refractivity contribution >= 4 is 11.6 Å². The Balaban J connectivity index is 1.84. The Labute approximate surface area is 208 Å². The van der Waals surface area contributed by atoms with Crippen molar-refractivity contribution < 1.29 is 23.4 Å². The monoisotopic (exact) mass is 497 g/mol. The van der Waals surface area contributed by atoms with Gasteiger partial charge in [0.15, 0.2) is 5.82 Å². The van der Waals surface area contributed by atoms with Crippen LogP contribution in [0.4, 0.5) is 14.5 Å². The number of nitrogens with one attached hydrogen (secondary N) is 1. The van der Waals surface area contributed by atoms with Crippen LogP contribution in [0.25, 0.3) is 22.5 Å². The molecular formula is C26H29F2N5O3. The third-order valence-corrected chi connectivity index (χ3v) is 6.19. The molecule has 8 nitrogen and oxygen atoms in total. The molecule has 1 aliphatic heterocycles. The molecule has 4 N–H and O–H groups in total. The summed E-state index contributed by atoms with van der Waals surface area (Å²) in [7, 11) is 1.38.